The third kappa shape index (κ3) is 4.93. The molecular weight excluding hydrogens is 178 g/mol. The minimum atomic E-state index is 0. The fourth-order valence-corrected chi connectivity index (χ4v) is 1.18. The Balaban J connectivity index is 0.00000121. The van der Waals surface area contributed by atoms with Crippen LogP contribution in [0.5, 0.6) is 0 Å². The zero-order valence-electron chi connectivity index (χ0n) is 7.33. The topological polar surface area (TPSA) is 44.5 Å². The highest BCUT2D eigenvalue weighted by Crippen LogP contribution is 2.10. The smallest absolute Gasteiger partial charge is 0.0619 e. The second kappa shape index (κ2) is 7.80. The summed E-state index contributed by atoms with van der Waals surface area (Å²) in [6, 6.07) is 0. The second-order valence-electron chi connectivity index (χ2n) is 2.82. The van der Waals surface area contributed by atoms with Gasteiger partial charge in [0.05, 0.1) is 6.10 Å². The molecular formula is C8H18ClNO2. The van der Waals surface area contributed by atoms with Gasteiger partial charge in [-0.05, 0) is 25.8 Å². The summed E-state index contributed by atoms with van der Waals surface area (Å²) >= 11 is 0. The quantitative estimate of drug-likeness (QED) is 0.680. The Labute approximate surface area is 80.0 Å². The molecule has 1 aliphatic rings. The molecule has 0 atom stereocenters. The number of halogens is 1. The van der Waals surface area contributed by atoms with Crippen LogP contribution in [0.15, 0.2) is 0 Å². The van der Waals surface area contributed by atoms with E-state index in [4.69, 9.17) is 15.2 Å². The first-order valence-corrected chi connectivity index (χ1v) is 4.33. The van der Waals surface area contributed by atoms with Gasteiger partial charge in [-0.25, -0.2) is 0 Å². The first kappa shape index (κ1) is 12.2. The molecule has 12 heavy (non-hydrogen) atoms. The van der Waals surface area contributed by atoms with Gasteiger partial charge in [0.25, 0.3) is 0 Å². The van der Waals surface area contributed by atoms with Crippen molar-refractivity contribution in [2.75, 3.05) is 26.4 Å². The lowest BCUT2D eigenvalue weighted by atomic mass is 10.1. The van der Waals surface area contributed by atoms with Crippen LogP contribution < -0.4 is 5.73 Å². The van der Waals surface area contributed by atoms with Crippen LogP contribution in [0.2, 0.25) is 0 Å². The molecule has 0 amide bonds. The summed E-state index contributed by atoms with van der Waals surface area (Å²) in [5, 5.41) is 0. The molecule has 4 heteroatoms. The average molecular weight is 196 g/mol. The standard InChI is InChI=1S/C8H17NO2.ClH/c9-4-1-5-11-8-2-6-10-7-3-8;/h8H,1-7,9H2;1H. The van der Waals surface area contributed by atoms with Gasteiger partial charge in [-0.15, -0.1) is 12.4 Å². The molecule has 0 radical (unpaired) electrons. The molecule has 0 aromatic rings. The van der Waals surface area contributed by atoms with Gasteiger partial charge in [-0.3, -0.25) is 0 Å². The number of hydrogen-bond acceptors (Lipinski definition) is 3. The molecule has 3 nitrogen and oxygen atoms in total. The van der Waals surface area contributed by atoms with Crippen LogP contribution in [0.4, 0.5) is 0 Å². The van der Waals surface area contributed by atoms with Gasteiger partial charge >= 0.3 is 0 Å². The van der Waals surface area contributed by atoms with E-state index in [0.717, 1.165) is 45.6 Å². The maximum Gasteiger partial charge on any atom is 0.0619 e. The van der Waals surface area contributed by atoms with Crippen molar-refractivity contribution >= 4 is 12.4 Å². The van der Waals surface area contributed by atoms with Gasteiger partial charge in [0, 0.05) is 19.8 Å². The number of hydrogen-bond donors (Lipinski definition) is 1. The molecule has 2 N–H and O–H groups in total. The minimum absolute atomic E-state index is 0. The van der Waals surface area contributed by atoms with Crippen LogP contribution in [-0.4, -0.2) is 32.5 Å². The fourth-order valence-electron chi connectivity index (χ4n) is 1.18. The van der Waals surface area contributed by atoms with Crippen molar-refractivity contribution in [2.24, 2.45) is 5.73 Å². The molecule has 74 valence electrons. The van der Waals surface area contributed by atoms with Crippen LogP contribution in [0.1, 0.15) is 19.3 Å². The van der Waals surface area contributed by atoms with Crippen LogP contribution in [-0.2, 0) is 9.47 Å². The summed E-state index contributed by atoms with van der Waals surface area (Å²) in [5.41, 5.74) is 5.34. The normalized spacial score (nSPS) is 18.8. The molecule has 1 rings (SSSR count). The summed E-state index contributed by atoms with van der Waals surface area (Å²) in [4.78, 5) is 0. The predicted molar refractivity (Wildman–Crippen MR) is 50.7 cm³/mol. The average Bonchev–Trinajstić information content (AvgIpc) is 2.07. The summed E-state index contributed by atoms with van der Waals surface area (Å²) in [6.07, 6.45) is 3.49. The Kier molecular flexibility index (Phi) is 7.91. The first-order chi connectivity index (χ1) is 5.43. The Hall–Kier alpha value is 0.170. The van der Waals surface area contributed by atoms with Gasteiger partial charge in [0.1, 0.15) is 0 Å². The molecule has 1 fully saturated rings. The van der Waals surface area contributed by atoms with E-state index in [1.165, 1.54) is 0 Å². The SMILES string of the molecule is Cl.NCCCOC1CCOCC1. The highest BCUT2D eigenvalue weighted by molar-refractivity contribution is 5.85. The summed E-state index contributed by atoms with van der Waals surface area (Å²) in [7, 11) is 0. The lowest BCUT2D eigenvalue weighted by Gasteiger charge is -2.22. The zero-order chi connectivity index (χ0) is 7.94. The molecule has 0 unspecified atom stereocenters. The molecule has 1 aliphatic heterocycles. The molecule has 1 heterocycles. The molecule has 0 aromatic carbocycles. The number of nitrogens with two attached hydrogens (primary N) is 1. The van der Waals surface area contributed by atoms with Crippen molar-refractivity contribution in [3.63, 3.8) is 0 Å². The minimum Gasteiger partial charge on any atom is -0.381 e. The monoisotopic (exact) mass is 195 g/mol. The van der Waals surface area contributed by atoms with Gasteiger partial charge in [-0.2, -0.15) is 0 Å². The highest BCUT2D eigenvalue weighted by atomic mass is 35.5. The van der Waals surface area contributed by atoms with E-state index in [-0.39, 0.29) is 12.4 Å². The Morgan fingerprint density at radius 2 is 2.00 bits per heavy atom. The highest BCUT2D eigenvalue weighted by Gasteiger charge is 2.12. The maximum absolute atomic E-state index is 5.56. The van der Waals surface area contributed by atoms with Crippen molar-refractivity contribution < 1.29 is 9.47 Å². The van der Waals surface area contributed by atoms with Gasteiger partial charge in [0.2, 0.25) is 0 Å². The lowest BCUT2D eigenvalue weighted by Crippen LogP contribution is -2.24. The van der Waals surface area contributed by atoms with Crippen molar-refractivity contribution in [1.29, 1.82) is 0 Å². The van der Waals surface area contributed by atoms with Gasteiger partial charge < -0.3 is 15.2 Å². The van der Waals surface area contributed by atoms with Crippen molar-refractivity contribution in [2.45, 2.75) is 25.4 Å². The summed E-state index contributed by atoms with van der Waals surface area (Å²) < 4.78 is 10.8. The van der Waals surface area contributed by atoms with Crippen molar-refractivity contribution in [3.05, 3.63) is 0 Å². The zero-order valence-corrected chi connectivity index (χ0v) is 8.15. The maximum atomic E-state index is 5.56. The second-order valence-corrected chi connectivity index (χ2v) is 2.82. The van der Waals surface area contributed by atoms with Crippen molar-refractivity contribution in [1.82, 2.24) is 0 Å². The molecule has 0 spiro atoms. The summed E-state index contributed by atoms with van der Waals surface area (Å²) in [6.45, 7) is 3.24. The summed E-state index contributed by atoms with van der Waals surface area (Å²) in [5.74, 6) is 0. The van der Waals surface area contributed by atoms with E-state index in [0.29, 0.717) is 6.10 Å². The van der Waals surface area contributed by atoms with Crippen LogP contribution in [0.3, 0.4) is 0 Å². The van der Waals surface area contributed by atoms with Crippen LogP contribution in [0.25, 0.3) is 0 Å². The molecule has 0 aromatic heterocycles. The molecule has 0 saturated carbocycles. The number of ether oxygens (including phenoxy) is 2. The third-order valence-corrected chi connectivity index (χ3v) is 1.87. The third-order valence-electron chi connectivity index (χ3n) is 1.87. The first-order valence-electron chi connectivity index (χ1n) is 4.33. The van der Waals surface area contributed by atoms with Gasteiger partial charge in [0.15, 0.2) is 0 Å². The van der Waals surface area contributed by atoms with E-state index in [1.54, 1.807) is 0 Å². The van der Waals surface area contributed by atoms with Gasteiger partial charge in [-0.1, -0.05) is 0 Å². The van der Waals surface area contributed by atoms with Crippen LogP contribution in [0, 0.1) is 0 Å². The molecule has 0 aliphatic carbocycles. The van der Waals surface area contributed by atoms with E-state index < -0.39 is 0 Å². The van der Waals surface area contributed by atoms with Crippen molar-refractivity contribution in [3.8, 4) is 0 Å². The van der Waals surface area contributed by atoms with E-state index in [9.17, 15) is 0 Å². The van der Waals surface area contributed by atoms with E-state index >= 15 is 0 Å². The Morgan fingerprint density at radius 3 is 2.58 bits per heavy atom. The Morgan fingerprint density at radius 1 is 1.33 bits per heavy atom. The largest absolute Gasteiger partial charge is 0.381 e. The fraction of sp³-hybridized carbons (Fsp3) is 1.00. The lowest BCUT2D eigenvalue weighted by molar-refractivity contribution is -0.0318. The molecule has 1 saturated heterocycles. The van der Waals surface area contributed by atoms with Crippen LogP contribution >= 0.6 is 12.4 Å². The predicted octanol–water partition coefficient (Wildman–Crippen LogP) is 0.953. The Bertz CT molecular complexity index is 97.1. The van der Waals surface area contributed by atoms with E-state index in [2.05, 4.69) is 0 Å². The van der Waals surface area contributed by atoms with E-state index in [1.807, 2.05) is 0 Å². The number of rotatable bonds is 4. The molecule has 0 bridgehead atoms.